The second-order valence-electron chi connectivity index (χ2n) is 5.23. The zero-order valence-electron chi connectivity index (χ0n) is 11.1. The third kappa shape index (κ3) is 3.41. The number of thiocarbonyl (C=S) groups is 1. The molecule has 0 aliphatic carbocycles. The molecule has 17 heavy (non-hydrogen) atoms. The highest BCUT2D eigenvalue weighted by Gasteiger charge is 2.35. The fourth-order valence-electron chi connectivity index (χ4n) is 2.64. The first-order valence-electron chi connectivity index (χ1n) is 6.58. The van der Waals surface area contributed by atoms with Crippen molar-refractivity contribution in [2.24, 2.45) is 17.6 Å². The van der Waals surface area contributed by atoms with Crippen LogP contribution in [0.5, 0.6) is 0 Å². The number of rotatable bonds is 5. The summed E-state index contributed by atoms with van der Waals surface area (Å²) in [4.78, 5) is 14.8. The Morgan fingerprint density at radius 1 is 1.53 bits per heavy atom. The molecule has 0 spiro atoms. The normalized spacial score (nSPS) is 21.9. The molecule has 0 bridgehead atoms. The topological polar surface area (TPSA) is 46.3 Å². The summed E-state index contributed by atoms with van der Waals surface area (Å²) in [7, 11) is 0. The number of likely N-dealkylation sites (tertiary alicyclic amines) is 1. The van der Waals surface area contributed by atoms with Crippen molar-refractivity contribution in [3.8, 4) is 0 Å². The van der Waals surface area contributed by atoms with Crippen LogP contribution in [0, 0.1) is 11.8 Å². The van der Waals surface area contributed by atoms with E-state index >= 15 is 0 Å². The third-order valence-electron chi connectivity index (χ3n) is 3.57. The molecule has 0 saturated carbocycles. The predicted octanol–water partition coefficient (Wildman–Crippen LogP) is 2.34. The van der Waals surface area contributed by atoms with Crippen molar-refractivity contribution in [1.82, 2.24) is 4.90 Å². The lowest BCUT2D eigenvalue weighted by molar-refractivity contribution is -0.135. The number of hydrogen-bond donors (Lipinski definition) is 1. The highest BCUT2D eigenvalue weighted by Crippen LogP contribution is 2.26. The number of carbonyl (C=O) groups excluding carboxylic acids is 1. The summed E-state index contributed by atoms with van der Waals surface area (Å²) in [5.74, 6) is 0.403. The molecule has 0 aromatic rings. The monoisotopic (exact) mass is 256 g/mol. The van der Waals surface area contributed by atoms with Gasteiger partial charge in [-0.05, 0) is 25.2 Å². The molecule has 2 unspecified atom stereocenters. The summed E-state index contributed by atoms with van der Waals surface area (Å²) < 4.78 is 0. The summed E-state index contributed by atoms with van der Waals surface area (Å²) in [5.41, 5.74) is 5.70. The third-order valence-corrected chi connectivity index (χ3v) is 3.86. The molecule has 1 rings (SSSR count). The van der Waals surface area contributed by atoms with Crippen LogP contribution < -0.4 is 5.73 Å². The average Bonchev–Trinajstić information content (AvgIpc) is 2.73. The van der Waals surface area contributed by atoms with Crippen LogP contribution >= 0.6 is 12.2 Å². The van der Waals surface area contributed by atoms with Gasteiger partial charge in [0.2, 0.25) is 5.91 Å². The van der Waals surface area contributed by atoms with Crippen LogP contribution in [0.3, 0.4) is 0 Å². The Morgan fingerprint density at radius 3 is 2.65 bits per heavy atom. The molecule has 1 amide bonds. The van der Waals surface area contributed by atoms with E-state index < -0.39 is 0 Å². The van der Waals surface area contributed by atoms with Crippen molar-refractivity contribution in [2.75, 3.05) is 6.54 Å². The largest absolute Gasteiger partial charge is 0.393 e. The van der Waals surface area contributed by atoms with Crippen LogP contribution in [0.25, 0.3) is 0 Å². The Morgan fingerprint density at radius 2 is 2.18 bits per heavy atom. The molecular weight excluding hydrogens is 232 g/mol. The van der Waals surface area contributed by atoms with Gasteiger partial charge in [0.05, 0.1) is 10.9 Å². The minimum absolute atomic E-state index is 0.149. The van der Waals surface area contributed by atoms with Crippen LogP contribution in [-0.4, -0.2) is 28.4 Å². The number of nitrogens with zero attached hydrogens (tertiary/aromatic N) is 1. The van der Waals surface area contributed by atoms with Gasteiger partial charge in [-0.2, -0.15) is 0 Å². The zero-order chi connectivity index (χ0) is 13.0. The second kappa shape index (κ2) is 6.34. The molecule has 1 saturated heterocycles. The quantitative estimate of drug-likeness (QED) is 0.768. The van der Waals surface area contributed by atoms with Crippen molar-refractivity contribution >= 4 is 23.1 Å². The first-order valence-corrected chi connectivity index (χ1v) is 6.99. The van der Waals surface area contributed by atoms with Gasteiger partial charge in [0.15, 0.2) is 0 Å². The van der Waals surface area contributed by atoms with Gasteiger partial charge in [-0.15, -0.1) is 0 Å². The van der Waals surface area contributed by atoms with Gasteiger partial charge < -0.3 is 10.6 Å². The Hall–Kier alpha value is -0.640. The molecule has 0 aromatic carbocycles. The Labute approximate surface area is 110 Å². The maximum Gasteiger partial charge on any atom is 0.232 e. The predicted molar refractivity (Wildman–Crippen MR) is 74.8 cm³/mol. The molecular formula is C13H24N2OS. The molecule has 0 aromatic heterocycles. The molecule has 1 fully saturated rings. The van der Waals surface area contributed by atoms with E-state index in [0.717, 1.165) is 32.2 Å². The van der Waals surface area contributed by atoms with Gasteiger partial charge in [-0.1, -0.05) is 39.4 Å². The lowest BCUT2D eigenvalue weighted by atomic mass is 9.98. The first-order chi connectivity index (χ1) is 7.99. The molecule has 2 atom stereocenters. The summed E-state index contributed by atoms with van der Waals surface area (Å²) in [6, 6.07) is 0.371. The number of amides is 1. The molecule has 1 aliphatic heterocycles. The van der Waals surface area contributed by atoms with Crippen LogP contribution in [0.4, 0.5) is 0 Å². The van der Waals surface area contributed by atoms with Gasteiger partial charge >= 0.3 is 0 Å². The van der Waals surface area contributed by atoms with E-state index in [9.17, 15) is 4.79 Å². The van der Waals surface area contributed by atoms with Gasteiger partial charge in [-0.3, -0.25) is 4.79 Å². The molecule has 3 nitrogen and oxygen atoms in total. The lowest BCUT2D eigenvalue weighted by Crippen LogP contribution is -2.45. The van der Waals surface area contributed by atoms with E-state index in [1.807, 2.05) is 4.90 Å². The second-order valence-corrected chi connectivity index (χ2v) is 5.70. The maximum atomic E-state index is 12.5. The van der Waals surface area contributed by atoms with Gasteiger partial charge in [0.25, 0.3) is 0 Å². The van der Waals surface area contributed by atoms with Crippen LogP contribution in [0.2, 0.25) is 0 Å². The van der Waals surface area contributed by atoms with E-state index in [0.29, 0.717) is 16.9 Å². The van der Waals surface area contributed by atoms with Crippen molar-refractivity contribution in [1.29, 1.82) is 0 Å². The number of carbonyl (C=O) groups is 1. The fraction of sp³-hybridized carbons (Fsp3) is 0.846. The van der Waals surface area contributed by atoms with Gasteiger partial charge in [-0.25, -0.2) is 0 Å². The molecule has 4 heteroatoms. The van der Waals surface area contributed by atoms with Crippen molar-refractivity contribution < 1.29 is 4.79 Å². The SMILES string of the molecule is CCCC(C(=O)N1CCCC1C(C)C)C(N)=S. The average molecular weight is 256 g/mol. The minimum Gasteiger partial charge on any atom is -0.393 e. The molecule has 2 N–H and O–H groups in total. The summed E-state index contributed by atoms with van der Waals surface area (Å²) in [5, 5.41) is 0. The summed E-state index contributed by atoms with van der Waals surface area (Å²) in [6.45, 7) is 7.27. The number of hydrogen-bond acceptors (Lipinski definition) is 2. The van der Waals surface area contributed by atoms with E-state index in [1.165, 1.54) is 0 Å². The van der Waals surface area contributed by atoms with E-state index in [4.69, 9.17) is 18.0 Å². The van der Waals surface area contributed by atoms with Crippen LogP contribution in [0.1, 0.15) is 46.5 Å². The van der Waals surface area contributed by atoms with Crippen LogP contribution in [-0.2, 0) is 4.79 Å². The van der Waals surface area contributed by atoms with Crippen LogP contribution in [0.15, 0.2) is 0 Å². The van der Waals surface area contributed by atoms with E-state index in [-0.39, 0.29) is 11.8 Å². The zero-order valence-corrected chi connectivity index (χ0v) is 11.9. The Balaban J connectivity index is 2.76. The standard InChI is InChI=1S/C13H24N2OS/c1-4-6-10(12(14)17)13(16)15-8-5-7-11(15)9(2)3/h9-11H,4-8H2,1-3H3,(H2,14,17). The maximum absolute atomic E-state index is 12.5. The summed E-state index contributed by atoms with van der Waals surface area (Å²) >= 11 is 5.03. The van der Waals surface area contributed by atoms with Gasteiger partial charge in [0, 0.05) is 12.6 Å². The Bertz CT molecular complexity index is 291. The molecule has 1 heterocycles. The van der Waals surface area contributed by atoms with E-state index in [1.54, 1.807) is 0 Å². The van der Waals surface area contributed by atoms with Crippen molar-refractivity contribution in [2.45, 2.75) is 52.5 Å². The fourth-order valence-corrected chi connectivity index (χ4v) is 2.85. The summed E-state index contributed by atoms with van der Waals surface area (Å²) in [6.07, 6.45) is 3.92. The molecule has 1 aliphatic rings. The smallest absolute Gasteiger partial charge is 0.232 e. The molecule has 98 valence electrons. The minimum atomic E-state index is -0.255. The highest BCUT2D eigenvalue weighted by molar-refractivity contribution is 7.80. The van der Waals surface area contributed by atoms with Crippen molar-refractivity contribution in [3.63, 3.8) is 0 Å². The number of nitrogens with two attached hydrogens (primary N) is 1. The molecule has 0 radical (unpaired) electrons. The lowest BCUT2D eigenvalue weighted by Gasteiger charge is -2.30. The van der Waals surface area contributed by atoms with Crippen molar-refractivity contribution in [3.05, 3.63) is 0 Å². The van der Waals surface area contributed by atoms with E-state index in [2.05, 4.69) is 20.8 Å². The first kappa shape index (κ1) is 14.4. The Kier molecular flexibility index (Phi) is 5.37. The van der Waals surface area contributed by atoms with Gasteiger partial charge in [0.1, 0.15) is 0 Å². The highest BCUT2D eigenvalue weighted by atomic mass is 32.1.